The van der Waals surface area contributed by atoms with Gasteiger partial charge >= 0.3 is 5.97 Å². The number of benzene rings is 1. The second kappa shape index (κ2) is 10.2. The highest BCUT2D eigenvalue weighted by molar-refractivity contribution is 8.01. The minimum atomic E-state index is -0.117. The number of unbranched alkanes of at least 4 members (excludes halogenated alkanes) is 1. The van der Waals surface area contributed by atoms with Crippen molar-refractivity contribution in [3.8, 4) is 0 Å². The van der Waals surface area contributed by atoms with Crippen LogP contribution in [0.3, 0.4) is 0 Å². The first kappa shape index (κ1) is 19.5. The molecule has 0 atom stereocenters. The molecule has 1 aromatic carbocycles. The fraction of sp³-hybridized carbons (Fsp3) is 0.500. The van der Waals surface area contributed by atoms with Crippen LogP contribution in [-0.4, -0.2) is 18.3 Å². The summed E-state index contributed by atoms with van der Waals surface area (Å²) in [5.41, 5.74) is 1.26. The predicted octanol–water partition coefficient (Wildman–Crippen LogP) is 1.04. The summed E-state index contributed by atoms with van der Waals surface area (Å²) in [7, 11) is 0. The Hall–Kier alpha value is -0.590. The molecule has 0 N–H and O–H groups in total. The van der Waals surface area contributed by atoms with Crippen LogP contribution in [0.25, 0.3) is 10.2 Å². The number of hydrogen-bond donors (Lipinski definition) is 0. The van der Waals surface area contributed by atoms with Crippen LogP contribution in [0.15, 0.2) is 28.6 Å². The van der Waals surface area contributed by atoms with Gasteiger partial charge in [-0.2, -0.15) is 4.57 Å². The van der Waals surface area contributed by atoms with Crippen molar-refractivity contribution in [2.24, 2.45) is 0 Å². The van der Waals surface area contributed by atoms with Gasteiger partial charge in [-0.15, -0.1) is 0 Å². The predicted molar refractivity (Wildman–Crippen MR) is 88.9 cm³/mol. The van der Waals surface area contributed by atoms with Crippen LogP contribution in [-0.2, 0) is 16.1 Å². The lowest BCUT2D eigenvalue weighted by Gasteiger charge is -2.02. The SMILES string of the molecule is CCCCOC(=O)CSc1sc2ccccc2[n+]1CCC.[Br-]. The summed E-state index contributed by atoms with van der Waals surface area (Å²) in [6.07, 6.45) is 3.07. The first-order chi connectivity index (χ1) is 10.3. The van der Waals surface area contributed by atoms with E-state index < -0.39 is 0 Å². The van der Waals surface area contributed by atoms with Gasteiger partial charge in [0, 0.05) is 12.5 Å². The minimum absolute atomic E-state index is 0. The number of halogens is 1. The van der Waals surface area contributed by atoms with Crippen molar-refractivity contribution in [2.75, 3.05) is 12.4 Å². The highest BCUT2D eigenvalue weighted by atomic mass is 79.9. The Morgan fingerprint density at radius 3 is 2.77 bits per heavy atom. The van der Waals surface area contributed by atoms with E-state index in [-0.39, 0.29) is 23.0 Å². The summed E-state index contributed by atoms with van der Waals surface area (Å²) in [5, 5.41) is 0. The largest absolute Gasteiger partial charge is 1.00 e. The maximum Gasteiger partial charge on any atom is 0.316 e. The van der Waals surface area contributed by atoms with Crippen LogP contribution in [0, 0.1) is 0 Å². The normalized spacial score (nSPS) is 10.5. The van der Waals surface area contributed by atoms with Crippen molar-refractivity contribution in [2.45, 2.75) is 44.0 Å². The number of ether oxygens (including phenoxy) is 1. The molecule has 122 valence electrons. The maximum absolute atomic E-state index is 11.7. The van der Waals surface area contributed by atoms with Crippen molar-refractivity contribution in [3.63, 3.8) is 0 Å². The third-order valence-electron chi connectivity index (χ3n) is 3.10. The van der Waals surface area contributed by atoms with Crippen LogP contribution in [0.1, 0.15) is 33.1 Å². The number of thioether (sulfide) groups is 1. The molecule has 22 heavy (non-hydrogen) atoms. The smallest absolute Gasteiger partial charge is 0.316 e. The van der Waals surface area contributed by atoms with E-state index in [1.165, 1.54) is 14.6 Å². The lowest BCUT2D eigenvalue weighted by atomic mass is 10.3. The number of fused-ring (bicyclic) bond motifs is 1. The molecule has 0 amide bonds. The summed E-state index contributed by atoms with van der Waals surface area (Å²) >= 11 is 3.34. The fourth-order valence-electron chi connectivity index (χ4n) is 2.05. The lowest BCUT2D eigenvalue weighted by Crippen LogP contribution is -3.00. The Balaban J connectivity index is 0.00000242. The molecule has 6 heteroatoms. The number of hydrogen-bond acceptors (Lipinski definition) is 4. The summed E-state index contributed by atoms with van der Waals surface area (Å²) in [4.78, 5) is 11.7. The summed E-state index contributed by atoms with van der Waals surface area (Å²) < 4.78 is 9.98. The second-order valence-corrected chi connectivity index (χ2v) is 7.10. The molecule has 0 spiro atoms. The topological polar surface area (TPSA) is 30.2 Å². The molecule has 0 bridgehead atoms. The third kappa shape index (κ3) is 5.25. The van der Waals surface area contributed by atoms with Gasteiger partial charge in [-0.3, -0.25) is 4.79 Å². The van der Waals surface area contributed by atoms with Gasteiger partial charge in [0.15, 0.2) is 6.54 Å². The number of aryl methyl sites for hydroxylation is 1. The molecular formula is C16H22BrNO2S2. The van der Waals surface area contributed by atoms with Gasteiger partial charge in [0.25, 0.3) is 4.34 Å². The first-order valence-corrected chi connectivity index (χ1v) is 9.26. The zero-order chi connectivity index (χ0) is 15.1. The molecule has 1 aromatic heterocycles. The van der Waals surface area contributed by atoms with E-state index in [9.17, 15) is 4.79 Å². The van der Waals surface area contributed by atoms with E-state index >= 15 is 0 Å². The molecule has 0 aliphatic carbocycles. The van der Waals surface area contributed by atoms with E-state index in [0.717, 1.165) is 25.8 Å². The number of carbonyl (C=O) groups excluding carboxylic acids is 1. The van der Waals surface area contributed by atoms with Gasteiger partial charge in [0.2, 0.25) is 5.52 Å². The monoisotopic (exact) mass is 403 g/mol. The van der Waals surface area contributed by atoms with Crippen molar-refractivity contribution in [1.82, 2.24) is 0 Å². The molecule has 0 radical (unpaired) electrons. The van der Waals surface area contributed by atoms with Crippen molar-refractivity contribution in [3.05, 3.63) is 24.3 Å². The molecule has 2 rings (SSSR count). The Morgan fingerprint density at radius 2 is 2.05 bits per heavy atom. The van der Waals surface area contributed by atoms with Crippen LogP contribution in [0.5, 0.6) is 0 Å². The van der Waals surface area contributed by atoms with Crippen LogP contribution >= 0.6 is 23.1 Å². The van der Waals surface area contributed by atoms with Crippen molar-refractivity contribution in [1.29, 1.82) is 0 Å². The Labute approximate surface area is 150 Å². The Bertz CT molecular complexity index is 601. The van der Waals surface area contributed by atoms with Crippen molar-refractivity contribution < 1.29 is 31.1 Å². The molecule has 0 aliphatic heterocycles. The van der Waals surface area contributed by atoms with Crippen molar-refractivity contribution >= 4 is 39.3 Å². The molecule has 0 fully saturated rings. The molecular weight excluding hydrogens is 382 g/mol. The van der Waals surface area contributed by atoms with Crippen LogP contribution < -0.4 is 21.5 Å². The standard InChI is InChI=1S/C16H22NO2S2.BrH/c1-3-5-11-19-15(18)12-20-16-17(10-4-2)13-8-6-7-9-14(13)21-16;/h6-9H,3-5,10-12H2,1-2H3;1H/q+1;/p-1. The van der Waals surface area contributed by atoms with E-state index in [4.69, 9.17) is 4.74 Å². The van der Waals surface area contributed by atoms with E-state index in [1.54, 1.807) is 23.1 Å². The summed E-state index contributed by atoms with van der Waals surface area (Å²) in [5.74, 6) is 0.272. The zero-order valence-electron chi connectivity index (χ0n) is 13.0. The van der Waals surface area contributed by atoms with Gasteiger partial charge in [-0.25, -0.2) is 0 Å². The minimum Gasteiger partial charge on any atom is -1.00 e. The maximum atomic E-state index is 11.7. The van der Waals surface area contributed by atoms with E-state index in [2.05, 4.69) is 42.7 Å². The van der Waals surface area contributed by atoms with Gasteiger partial charge in [0.05, 0.1) is 6.61 Å². The number of para-hydroxylation sites is 1. The van der Waals surface area contributed by atoms with Crippen LogP contribution in [0.2, 0.25) is 0 Å². The number of esters is 1. The molecule has 0 saturated heterocycles. The van der Waals surface area contributed by atoms with E-state index in [1.807, 2.05) is 0 Å². The van der Waals surface area contributed by atoms with Gasteiger partial charge < -0.3 is 21.7 Å². The number of nitrogens with zero attached hydrogens (tertiary/aromatic N) is 1. The summed E-state index contributed by atoms with van der Waals surface area (Å²) in [6.45, 7) is 5.79. The fourth-order valence-corrected chi connectivity index (χ4v) is 4.32. The zero-order valence-corrected chi connectivity index (χ0v) is 16.2. The lowest BCUT2D eigenvalue weighted by molar-refractivity contribution is -0.702. The number of carbonyl (C=O) groups is 1. The number of thiazole rings is 1. The quantitative estimate of drug-likeness (QED) is 0.285. The highest BCUT2D eigenvalue weighted by Crippen LogP contribution is 2.28. The molecule has 0 unspecified atom stereocenters. The second-order valence-electron chi connectivity index (χ2n) is 4.85. The van der Waals surface area contributed by atoms with Gasteiger partial charge in [-0.05, 0) is 24.2 Å². The average Bonchev–Trinajstić information content (AvgIpc) is 2.84. The average molecular weight is 404 g/mol. The Kier molecular flexibility index (Phi) is 9.05. The Morgan fingerprint density at radius 1 is 1.27 bits per heavy atom. The first-order valence-electron chi connectivity index (χ1n) is 7.46. The molecule has 2 aromatic rings. The number of rotatable bonds is 8. The molecule has 3 nitrogen and oxygen atoms in total. The molecule has 0 saturated carbocycles. The number of aromatic nitrogens is 1. The molecule has 0 aliphatic rings. The summed E-state index contributed by atoms with van der Waals surface area (Å²) in [6, 6.07) is 8.40. The van der Waals surface area contributed by atoms with Gasteiger partial charge in [-0.1, -0.05) is 43.7 Å². The highest BCUT2D eigenvalue weighted by Gasteiger charge is 2.21. The van der Waals surface area contributed by atoms with E-state index in [0.29, 0.717) is 12.4 Å². The molecule has 1 heterocycles. The third-order valence-corrected chi connectivity index (χ3v) is 5.51. The van der Waals surface area contributed by atoms with Crippen LogP contribution in [0.4, 0.5) is 0 Å². The van der Waals surface area contributed by atoms with Gasteiger partial charge in [0.1, 0.15) is 10.5 Å².